The first-order chi connectivity index (χ1) is 29.2. The second-order valence-corrected chi connectivity index (χ2v) is 17.9. The van der Waals surface area contributed by atoms with Gasteiger partial charge in [0.2, 0.25) is 5.91 Å². The molecule has 11 heteroatoms. The summed E-state index contributed by atoms with van der Waals surface area (Å²) in [6.07, 6.45) is 31.5. The van der Waals surface area contributed by atoms with Gasteiger partial charge in [0.15, 0.2) is 6.29 Å². The first kappa shape index (κ1) is 56.9. The lowest BCUT2D eigenvalue weighted by Crippen LogP contribution is -2.60. The van der Waals surface area contributed by atoms with E-state index in [1.807, 2.05) is 0 Å². The van der Waals surface area contributed by atoms with Gasteiger partial charge in [-0.3, -0.25) is 4.79 Å². The smallest absolute Gasteiger partial charge is 0.249 e. The van der Waals surface area contributed by atoms with E-state index in [1.165, 1.54) is 141 Å². The Morgan fingerprint density at radius 3 is 1.45 bits per heavy atom. The van der Waals surface area contributed by atoms with E-state index in [-0.39, 0.29) is 6.42 Å². The summed E-state index contributed by atoms with van der Waals surface area (Å²) in [5.74, 6) is -0.710. The van der Waals surface area contributed by atoms with E-state index in [4.69, 9.17) is 9.47 Å². The summed E-state index contributed by atoms with van der Waals surface area (Å²) in [6.45, 7) is 3.39. The summed E-state index contributed by atoms with van der Waals surface area (Å²) in [4.78, 5) is 13.0. The van der Waals surface area contributed by atoms with Crippen molar-refractivity contribution >= 4 is 5.91 Å². The van der Waals surface area contributed by atoms with E-state index in [9.17, 15) is 40.5 Å². The van der Waals surface area contributed by atoms with Gasteiger partial charge in [-0.2, -0.15) is 0 Å². The molecule has 8 N–H and O–H groups in total. The summed E-state index contributed by atoms with van der Waals surface area (Å²) in [5, 5.41) is 75.6. The maximum atomic E-state index is 13.0. The first-order valence-electron chi connectivity index (χ1n) is 25.1. The predicted octanol–water partition coefficient (Wildman–Crippen LogP) is 8.84. The number of allylic oxidation sites excluding steroid dienone is 2. The Morgan fingerprint density at radius 1 is 0.567 bits per heavy atom. The van der Waals surface area contributed by atoms with Crippen molar-refractivity contribution in [3.05, 3.63) is 12.2 Å². The summed E-state index contributed by atoms with van der Waals surface area (Å²) in [6, 6.07) is -1.17. The van der Waals surface area contributed by atoms with E-state index < -0.39 is 74.2 Å². The number of nitrogens with one attached hydrogen (secondary N) is 1. The van der Waals surface area contributed by atoms with Crippen LogP contribution in [0.3, 0.4) is 0 Å². The Labute approximate surface area is 366 Å². The second-order valence-electron chi connectivity index (χ2n) is 17.9. The third kappa shape index (κ3) is 28.5. The Balaban J connectivity index is 2.30. The number of hydrogen-bond donors (Lipinski definition) is 8. The molecule has 9 unspecified atom stereocenters. The highest BCUT2D eigenvalue weighted by Crippen LogP contribution is 2.23. The van der Waals surface area contributed by atoms with Gasteiger partial charge in [-0.15, -0.1) is 0 Å². The average Bonchev–Trinajstić information content (AvgIpc) is 3.25. The first-order valence-corrected chi connectivity index (χ1v) is 25.1. The molecule has 0 aromatic carbocycles. The van der Waals surface area contributed by atoms with Gasteiger partial charge in [-0.25, -0.2) is 0 Å². The molecule has 1 saturated heterocycles. The minimum Gasteiger partial charge on any atom is -0.394 e. The fourth-order valence-corrected chi connectivity index (χ4v) is 8.13. The minimum atomic E-state index is -1.66. The van der Waals surface area contributed by atoms with Crippen molar-refractivity contribution < 1.29 is 50.0 Å². The van der Waals surface area contributed by atoms with Crippen LogP contribution in [0.25, 0.3) is 0 Å². The molecule has 9 atom stereocenters. The second kappa shape index (κ2) is 39.4. The fraction of sp³-hybridized carbons (Fsp3) is 0.939. The normalized spacial score (nSPS) is 21.6. The quantitative estimate of drug-likeness (QED) is 0.0218. The van der Waals surface area contributed by atoms with Crippen molar-refractivity contribution in [3.8, 4) is 0 Å². The number of rotatable bonds is 42. The van der Waals surface area contributed by atoms with Crippen molar-refractivity contribution in [3.63, 3.8) is 0 Å². The zero-order valence-electron chi connectivity index (χ0n) is 38.5. The van der Waals surface area contributed by atoms with Gasteiger partial charge in [0.05, 0.1) is 25.4 Å². The molecule has 1 aliphatic rings. The van der Waals surface area contributed by atoms with Gasteiger partial charge in [-0.05, 0) is 32.1 Å². The van der Waals surface area contributed by atoms with E-state index in [1.54, 1.807) is 0 Å². The molecular formula is C49H95NO10. The van der Waals surface area contributed by atoms with Gasteiger partial charge < -0.3 is 50.5 Å². The Bertz CT molecular complexity index is 986. The lowest BCUT2D eigenvalue weighted by atomic mass is 9.98. The summed E-state index contributed by atoms with van der Waals surface area (Å²) < 4.78 is 11.1. The number of aliphatic hydroxyl groups excluding tert-OH is 7. The molecule has 0 saturated carbocycles. The molecule has 0 aliphatic carbocycles. The number of carbonyl (C=O) groups excluding carboxylic acids is 1. The van der Waals surface area contributed by atoms with Gasteiger partial charge >= 0.3 is 0 Å². The fourth-order valence-electron chi connectivity index (χ4n) is 8.13. The SMILES string of the molecule is CCCC/C=C\CCCCCC(O)C(=O)NC(COC1OC(CO)C(O)C(O)C1O)C(O)C(O)CCCCCCCCCCCCCCCCCCCCCCCCCC. The molecule has 1 amide bonds. The predicted molar refractivity (Wildman–Crippen MR) is 243 cm³/mol. The van der Waals surface area contributed by atoms with Crippen LogP contribution in [0.15, 0.2) is 12.2 Å². The number of unbranched alkanes of at least 4 members (excludes halogenated alkanes) is 28. The van der Waals surface area contributed by atoms with Crippen molar-refractivity contribution in [1.29, 1.82) is 0 Å². The molecule has 0 aromatic heterocycles. The van der Waals surface area contributed by atoms with Crippen molar-refractivity contribution in [2.45, 2.75) is 281 Å². The molecule has 60 heavy (non-hydrogen) atoms. The third-order valence-electron chi connectivity index (χ3n) is 12.3. The Hall–Kier alpha value is -1.15. The summed E-state index contributed by atoms with van der Waals surface area (Å²) in [5.41, 5.74) is 0. The number of aliphatic hydroxyl groups is 7. The van der Waals surface area contributed by atoms with E-state index in [0.29, 0.717) is 19.3 Å². The molecule has 356 valence electrons. The van der Waals surface area contributed by atoms with Gasteiger partial charge in [0, 0.05) is 0 Å². The van der Waals surface area contributed by atoms with Crippen LogP contribution in [-0.2, 0) is 14.3 Å². The zero-order valence-corrected chi connectivity index (χ0v) is 38.5. The van der Waals surface area contributed by atoms with Crippen LogP contribution >= 0.6 is 0 Å². The highest BCUT2D eigenvalue weighted by atomic mass is 16.7. The van der Waals surface area contributed by atoms with Gasteiger partial charge in [0.25, 0.3) is 0 Å². The Kier molecular flexibility index (Phi) is 37.4. The van der Waals surface area contributed by atoms with E-state index >= 15 is 0 Å². The molecule has 1 aliphatic heterocycles. The topological polar surface area (TPSA) is 189 Å². The van der Waals surface area contributed by atoms with E-state index in [0.717, 1.165) is 44.9 Å². The highest BCUT2D eigenvalue weighted by Gasteiger charge is 2.44. The molecule has 0 bridgehead atoms. The highest BCUT2D eigenvalue weighted by molar-refractivity contribution is 5.80. The third-order valence-corrected chi connectivity index (χ3v) is 12.3. The van der Waals surface area contributed by atoms with Crippen LogP contribution in [0, 0.1) is 0 Å². The standard InChI is InChI=1S/C49H95NO10/c1-3-5-7-9-11-13-14-15-16-17-18-19-20-21-22-23-24-25-26-27-29-30-32-34-36-41(52)44(54)40(39-59-49-47(57)46(56)45(55)43(38-51)60-49)50-48(58)42(53)37-35-33-31-28-12-10-8-6-4-2/h10,12,40-47,49,51-57H,3-9,11,13-39H2,1-2H3,(H,50,58)/b12-10-. The van der Waals surface area contributed by atoms with E-state index in [2.05, 4.69) is 31.3 Å². The summed E-state index contributed by atoms with van der Waals surface area (Å²) >= 11 is 0. The Morgan fingerprint density at radius 2 is 0.983 bits per heavy atom. The van der Waals surface area contributed by atoms with Crippen LogP contribution in [0.4, 0.5) is 0 Å². The van der Waals surface area contributed by atoms with Crippen LogP contribution in [0.2, 0.25) is 0 Å². The lowest BCUT2D eigenvalue weighted by molar-refractivity contribution is -0.303. The number of ether oxygens (including phenoxy) is 2. The zero-order chi connectivity index (χ0) is 44.1. The number of hydrogen-bond acceptors (Lipinski definition) is 10. The summed E-state index contributed by atoms with van der Waals surface area (Å²) in [7, 11) is 0. The van der Waals surface area contributed by atoms with Crippen LogP contribution in [-0.4, -0.2) is 110 Å². The molecule has 0 radical (unpaired) electrons. The number of amides is 1. The van der Waals surface area contributed by atoms with Crippen molar-refractivity contribution in [1.82, 2.24) is 5.32 Å². The largest absolute Gasteiger partial charge is 0.394 e. The minimum absolute atomic E-state index is 0.240. The van der Waals surface area contributed by atoms with Crippen molar-refractivity contribution in [2.75, 3.05) is 13.2 Å². The lowest BCUT2D eigenvalue weighted by Gasteiger charge is -2.40. The van der Waals surface area contributed by atoms with Crippen LogP contribution in [0.1, 0.15) is 226 Å². The maximum absolute atomic E-state index is 13.0. The molecule has 1 fully saturated rings. The van der Waals surface area contributed by atoms with Gasteiger partial charge in [-0.1, -0.05) is 206 Å². The average molecular weight is 858 g/mol. The number of carbonyl (C=O) groups is 1. The van der Waals surface area contributed by atoms with Crippen LogP contribution < -0.4 is 5.32 Å². The molecule has 0 aromatic rings. The molecule has 0 spiro atoms. The van der Waals surface area contributed by atoms with Gasteiger partial charge in [0.1, 0.15) is 36.6 Å². The molecular weight excluding hydrogens is 763 g/mol. The molecule has 1 rings (SSSR count). The molecule has 1 heterocycles. The van der Waals surface area contributed by atoms with Crippen molar-refractivity contribution in [2.24, 2.45) is 0 Å². The monoisotopic (exact) mass is 858 g/mol. The van der Waals surface area contributed by atoms with Crippen LogP contribution in [0.5, 0.6) is 0 Å². The maximum Gasteiger partial charge on any atom is 0.249 e. The molecule has 11 nitrogen and oxygen atoms in total.